The Kier molecular flexibility index (Phi) is 12.4. The van der Waals surface area contributed by atoms with Crippen LogP contribution in [0.2, 0.25) is 0 Å². The van der Waals surface area contributed by atoms with E-state index in [1.807, 2.05) is 5.32 Å². The Hall–Kier alpha value is -0.780. The van der Waals surface area contributed by atoms with Gasteiger partial charge < -0.3 is 24.3 Å². The molecule has 0 aromatic rings. The third-order valence-corrected chi connectivity index (χ3v) is 4.46. The van der Waals surface area contributed by atoms with Gasteiger partial charge in [-0.2, -0.15) is 13.2 Å². The van der Waals surface area contributed by atoms with Crippen molar-refractivity contribution in [2.75, 3.05) is 19.8 Å². The first-order chi connectivity index (χ1) is 12.8. The molecule has 0 spiro atoms. The highest BCUT2D eigenvalue weighted by Crippen LogP contribution is 2.31. The minimum atomic E-state index is -4.70. The molecule has 0 bridgehead atoms. The molecule has 0 aliphatic carbocycles. The summed E-state index contributed by atoms with van der Waals surface area (Å²) in [4.78, 5) is 11.9. The average molecular weight is 450 g/mol. The fourth-order valence-corrected chi connectivity index (χ4v) is 3.52. The zero-order valence-corrected chi connectivity index (χ0v) is 18.7. The normalized spacial score (nSPS) is 14.5. The average Bonchev–Trinajstić information content (AvgIpc) is 2.50. The molecule has 0 saturated heterocycles. The minimum absolute atomic E-state index is 0.0788. The molecule has 2 unspecified atom stereocenters. The van der Waals surface area contributed by atoms with E-state index in [-0.39, 0.29) is 24.2 Å². The molecule has 28 heavy (non-hydrogen) atoms. The standard InChI is InChI=1S/C17H30F3NO5S2/c1-7-23-13(24-8-2)11(28-15(27)25-9-3)10-12(17(18,19)20)21-14(22)26-16(4,5)6/h11-13H,7-10H2,1-6H3,(H,21,22). The Balaban J connectivity index is 5.48. The van der Waals surface area contributed by atoms with Crippen molar-refractivity contribution in [2.45, 2.75) is 77.3 Å². The molecule has 0 rings (SSSR count). The molecular formula is C17H30F3NO5S2. The van der Waals surface area contributed by atoms with Gasteiger partial charge >= 0.3 is 12.3 Å². The first-order valence-electron chi connectivity index (χ1n) is 8.96. The zero-order chi connectivity index (χ0) is 22.0. The molecule has 166 valence electrons. The highest BCUT2D eigenvalue weighted by atomic mass is 32.2. The summed E-state index contributed by atoms with van der Waals surface area (Å²) in [6.45, 7) is 10.6. The Labute approximate surface area is 174 Å². The van der Waals surface area contributed by atoms with Crippen molar-refractivity contribution in [3.8, 4) is 0 Å². The summed E-state index contributed by atoms with van der Waals surface area (Å²) >= 11 is 5.97. The van der Waals surface area contributed by atoms with Crippen LogP contribution in [0.5, 0.6) is 0 Å². The molecule has 0 aliphatic rings. The number of amides is 1. The Morgan fingerprint density at radius 2 is 1.61 bits per heavy atom. The number of hydrogen-bond donors (Lipinski definition) is 1. The monoisotopic (exact) mass is 449 g/mol. The quantitative estimate of drug-likeness (QED) is 0.385. The fraction of sp³-hybridized carbons (Fsp3) is 0.882. The summed E-state index contributed by atoms with van der Waals surface area (Å²) < 4.78 is 61.8. The summed E-state index contributed by atoms with van der Waals surface area (Å²) in [6.07, 6.45) is -7.35. The number of thiocarbonyl (C=S) groups is 1. The van der Waals surface area contributed by atoms with Gasteiger partial charge in [-0.3, -0.25) is 0 Å². The van der Waals surface area contributed by atoms with E-state index >= 15 is 0 Å². The van der Waals surface area contributed by atoms with Crippen LogP contribution in [0.3, 0.4) is 0 Å². The molecule has 0 fully saturated rings. The lowest BCUT2D eigenvalue weighted by Gasteiger charge is -2.31. The van der Waals surface area contributed by atoms with E-state index in [4.69, 9.17) is 31.2 Å². The van der Waals surface area contributed by atoms with Gasteiger partial charge in [0.15, 0.2) is 6.29 Å². The van der Waals surface area contributed by atoms with Crippen LogP contribution in [0.25, 0.3) is 0 Å². The molecule has 0 radical (unpaired) electrons. The maximum Gasteiger partial charge on any atom is 0.408 e. The molecule has 0 saturated carbocycles. The lowest BCUT2D eigenvalue weighted by Crippen LogP contribution is -2.50. The third-order valence-electron chi connectivity index (χ3n) is 3.03. The van der Waals surface area contributed by atoms with Crippen LogP contribution in [-0.4, -0.2) is 59.7 Å². The van der Waals surface area contributed by atoms with Gasteiger partial charge in [-0.1, -0.05) is 11.8 Å². The van der Waals surface area contributed by atoms with Gasteiger partial charge in [-0.05, 0) is 60.2 Å². The van der Waals surface area contributed by atoms with Gasteiger partial charge in [0.1, 0.15) is 11.6 Å². The predicted molar refractivity (Wildman–Crippen MR) is 106 cm³/mol. The number of halogens is 3. The van der Waals surface area contributed by atoms with Crippen molar-refractivity contribution < 1.29 is 36.9 Å². The lowest BCUT2D eigenvalue weighted by atomic mass is 10.1. The second kappa shape index (κ2) is 12.7. The van der Waals surface area contributed by atoms with Crippen LogP contribution in [0.4, 0.5) is 18.0 Å². The summed E-state index contributed by atoms with van der Waals surface area (Å²) in [6, 6.07) is -2.17. The maximum absolute atomic E-state index is 13.6. The van der Waals surface area contributed by atoms with Gasteiger partial charge in [0.25, 0.3) is 0 Å². The maximum atomic E-state index is 13.6. The van der Waals surface area contributed by atoms with Crippen LogP contribution in [0, 0.1) is 0 Å². The molecule has 11 heteroatoms. The van der Waals surface area contributed by atoms with Crippen LogP contribution in [0.1, 0.15) is 48.0 Å². The van der Waals surface area contributed by atoms with Crippen LogP contribution in [0.15, 0.2) is 0 Å². The van der Waals surface area contributed by atoms with Gasteiger partial charge in [-0.25, -0.2) is 4.79 Å². The largest absolute Gasteiger partial charge is 0.479 e. The van der Waals surface area contributed by atoms with Crippen molar-refractivity contribution in [3.05, 3.63) is 0 Å². The summed E-state index contributed by atoms with van der Waals surface area (Å²) in [7, 11) is 0. The molecule has 2 atom stereocenters. The van der Waals surface area contributed by atoms with Crippen molar-refractivity contribution in [2.24, 2.45) is 0 Å². The predicted octanol–water partition coefficient (Wildman–Crippen LogP) is 4.65. The van der Waals surface area contributed by atoms with Gasteiger partial charge in [0.05, 0.1) is 11.9 Å². The van der Waals surface area contributed by atoms with E-state index < -0.39 is 41.9 Å². The molecule has 1 N–H and O–H groups in total. The van der Waals surface area contributed by atoms with E-state index in [0.717, 1.165) is 11.8 Å². The Bertz CT molecular complexity index is 480. The van der Waals surface area contributed by atoms with E-state index in [9.17, 15) is 18.0 Å². The molecule has 0 aromatic heterocycles. The van der Waals surface area contributed by atoms with E-state index in [2.05, 4.69) is 0 Å². The molecule has 0 aliphatic heterocycles. The number of carbonyl (C=O) groups excluding carboxylic acids is 1. The van der Waals surface area contributed by atoms with E-state index in [1.54, 1.807) is 41.5 Å². The van der Waals surface area contributed by atoms with Crippen molar-refractivity contribution in [1.29, 1.82) is 0 Å². The molecule has 0 heterocycles. The topological polar surface area (TPSA) is 66.0 Å². The second-order valence-electron chi connectivity index (χ2n) is 6.59. The highest BCUT2D eigenvalue weighted by Gasteiger charge is 2.44. The van der Waals surface area contributed by atoms with E-state index in [1.165, 1.54) is 0 Å². The SMILES string of the molecule is CCOC(=S)SC(CC(NC(=O)OC(C)(C)C)C(F)(F)F)C(OCC)OCC. The second-order valence-corrected chi connectivity index (χ2v) is 8.44. The van der Waals surface area contributed by atoms with Crippen LogP contribution >= 0.6 is 24.0 Å². The first kappa shape index (κ1) is 27.2. The summed E-state index contributed by atoms with van der Waals surface area (Å²) in [5, 5.41) is 1.03. The van der Waals surface area contributed by atoms with Crippen molar-refractivity contribution in [1.82, 2.24) is 5.32 Å². The number of nitrogens with one attached hydrogen (secondary N) is 1. The summed E-state index contributed by atoms with van der Waals surface area (Å²) in [5.41, 5.74) is -0.926. The molecule has 1 amide bonds. The third kappa shape index (κ3) is 11.9. The number of carbonyl (C=O) groups is 1. The molecular weight excluding hydrogens is 419 g/mol. The van der Waals surface area contributed by atoms with Crippen LogP contribution < -0.4 is 5.32 Å². The molecule has 0 aromatic carbocycles. The van der Waals surface area contributed by atoms with Gasteiger partial charge in [0, 0.05) is 13.2 Å². The summed E-state index contributed by atoms with van der Waals surface area (Å²) in [5.74, 6) is 0. The van der Waals surface area contributed by atoms with Crippen molar-refractivity contribution in [3.63, 3.8) is 0 Å². The van der Waals surface area contributed by atoms with Crippen LogP contribution in [-0.2, 0) is 18.9 Å². The number of rotatable bonds is 10. The number of ether oxygens (including phenoxy) is 4. The lowest BCUT2D eigenvalue weighted by molar-refractivity contribution is -0.168. The molecule has 6 nitrogen and oxygen atoms in total. The Morgan fingerprint density at radius 3 is 2.00 bits per heavy atom. The number of alkyl halides is 3. The van der Waals surface area contributed by atoms with Gasteiger partial charge in [0.2, 0.25) is 4.38 Å². The van der Waals surface area contributed by atoms with Gasteiger partial charge in [-0.15, -0.1) is 0 Å². The van der Waals surface area contributed by atoms with Crippen molar-refractivity contribution >= 4 is 34.5 Å². The smallest absolute Gasteiger partial charge is 0.408 e. The van der Waals surface area contributed by atoms with E-state index in [0.29, 0.717) is 0 Å². The number of hydrogen-bond acceptors (Lipinski definition) is 7. The fourth-order valence-electron chi connectivity index (χ4n) is 2.04. The Morgan fingerprint density at radius 1 is 1.07 bits per heavy atom. The number of alkyl carbamates (subject to hydrolysis) is 1. The minimum Gasteiger partial charge on any atom is -0.479 e. The zero-order valence-electron chi connectivity index (χ0n) is 17.1. The highest BCUT2D eigenvalue weighted by molar-refractivity contribution is 8.23. The number of thioether (sulfide) groups is 1. The first-order valence-corrected chi connectivity index (χ1v) is 10.3.